The van der Waals surface area contributed by atoms with Gasteiger partial charge in [-0.15, -0.1) is 0 Å². The lowest BCUT2D eigenvalue weighted by atomic mass is 9.40. The number of fused-ring (bicyclic) bond motifs is 5. The van der Waals surface area contributed by atoms with Crippen molar-refractivity contribution in [2.24, 2.45) is 34.0 Å². The van der Waals surface area contributed by atoms with Crippen LogP contribution in [0.4, 0.5) is 0 Å². The lowest BCUT2D eigenvalue weighted by Crippen LogP contribution is -2.57. The van der Waals surface area contributed by atoms with Gasteiger partial charge in [0.25, 0.3) is 0 Å². The molecule has 4 saturated carbocycles. The first-order valence-electron chi connectivity index (χ1n) is 9.56. The van der Waals surface area contributed by atoms with Crippen molar-refractivity contribution in [2.45, 2.75) is 91.1 Å². The first kappa shape index (κ1) is 14.5. The van der Waals surface area contributed by atoms with E-state index in [1.807, 2.05) is 0 Å². The van der Waals surface area contributed by atoms with E-state index >= 15 is 0 Å². The molecule has 0 heterocycles. The van der Waals surface area contributed by atoms with E-state index in [0.29, 0.717) is 16.2 Å². The van der Waals surface area contributed by atoms with E-state index in [1.165, 1.54) is 51.4 Å². The maximum atomic E-state index is 10.2. The van der Waals surface area contributed by atoms with Gasteiger partial charge in [0.2, 0.25) is 0 Å². The average molecular weight is 290 g/mol. The Kier molecular flexibility index (Phi) is 3.11. The highest BCUT2D eigenvalue weighted by molar-refractivity contribution is 5.11. The standard InChI is InChI=1S/C20H34O/c1-18-9-4-5-16(18)15-7-11-19(2)13-14(21)6-12-20(19,3)17(15)8-10-18/h14-17,21H,4-13H2,1-3H3/t14-,15+,16-,17-,18-,19+,20+/m1/s1. The Morgan fingerprint density at radius 2 is 1.62 bits per heavy atom. The summed E-state index contributed by atoms with van der Waals surface area (Å²) in [4.78, 5) is 0. The molecule has 0 aromatic carbocycles. The molecule has 4 fully saturated rings. The number of rotatable bonds is 0. The van der Waals surface area contributed by atoms with Gasteiger partial charge in [-0.3, -0.25) is 0 Å². The van der Waals surface area contributed by atoms with Gasteiger partial charge in [-0.2, -0.15) is 0 Å². The molecule has 4 rings (SSSR count). The van der Waals surface area contributed by atoms with Crippen molar-refractivity contribution in [1.29, 1.82) is 0 Å². The fourth-order valence-corrected chi connectivity index (χ4v) is 7.60. The highest BCUT2D eigenvalue weighted by atomic mass is 16.3. The Balaban J connectivity index is 1.67. The van der Waals surface area contributed by atoms with Crippen LogP contribution in [0.15, 0.2) is 0 Å². The van der Waals surface area contributed by atoms with Crippen LogP contribution >= 0.6 is 0 Å². The summed E-state index contributed by atoms with van der Waals surface area (Å²) in [6, 6.07) is 0. The highest BCUT2D eigenvalue weighted by Gasteiger charge is 2.61. The van der Waals surface area contributed by atoms with E-state index < -0.39 is 0 Å². The van der Waals surface area contributed by atoms with Crippen molar-refractivity contribution in [2.75, 3.05) is 0 Å². The van der Waals surface area contributed by atoms with Gasteiger partial charge in [0.1, 0.15) is 0 Å². The van der Waals surface area contributed by atoms with Crippen LogP contribution in [-0.4, -0.2) is 11.2 Å². The summed E-state index contributed by atoms with van der Waals surface area (Å²) in [7, 11) is 0. The van der Waals surface area contributed by atoms with Gasteiger partial charge < -0.3 is 5.11 Å². The van der Waals surface area contributed by atoms with Crippen LogP contribution in [0.5, 0.6) is 0 Å². The molecule has 0 bridgehead atoms. The molecule has 0 spiro atoms. The Bertz CT molecular complexity index is 432. The second kappa shape index (κ2) is 4.49. The van der Waals surface area contributed by atoms with Gasteiger partial charge >= 0.3 is 0 Å². The third-order valence-corrected chi connectivity index (χ3v) is 9.13. The molecule has 21 heavy (non-hydrogen) atoms. The molecule has 1 nitrogen and oxygen atoms in total. The number of hydrogen-bond acceptors (Lipinski definition) is 1. The summed E-state index contributed by atoms with van der Waals surface area (Å²) >= 11 is 0. The van der Waals surface area contributed by atoms with Crippen LogP contribution in [0.2, 0.25) is 0 Å². The lowest BCUT2D eigenvalue weighted by Gasteiger charge is -2.64. The maximum absolute atomic E-state index is 10.2. The van der Waals surface area contributed by atoms with E-state index in [1.54, 1.807) is 0 Å². The van der Waals surface area contributed by atoms with Crippen LogP contribution < -0.4 is 0 Å². The Labute approximate surface area is 130 Å². The molecular weight excluding hydrogens is 256 g/mol. The Morgan fingerprint density at radius 1 is 0.810 bits per heavy atom. The first-order valence-corrected chi connectivity index (χ1v) is 9.56. The van der Waals surface area contributed by atoms with Crippen molar-refractivity contribution < 1.29 is 5.11 Å². The van der Waals surface area contributed by atoms with Gasteiger partial charge in [-0.05, 0) is 91.8 Å². The second-order valence-electron chi connectivity index (χ2n) is 9.88. The predicted molar refractivity (Wildman–Crippen MR) is 87.0 cm³/mol. The molecule has 0 radical (unpaired) electrons. The third kappa shape index (κ3) is 1.85. The number of aliphatic hydroxyl groups excluding tert-OH is 1. The minimum atomic E-state index is -0.0278. The molecule has 7 atom stereocenters. The Hall–Kier alpha value is -0.0400. The van der Waals surface area contributed by atoms with E-state index in [9.17, 15) is 5.11 Å². The SMILES string of the molecule is C[C@]12CCC[C@@H]1[C@@H]1CC[C@@]3(C)C[C@H](O)CC[C@@]3(C)[C@@H]1CC2. The molecule has 0 unspecified atom stereocenters. The molecule has 0 saturated heterocycles. The minimum Gasteiger partial charge on any atom is -0.393 e. The zero-order valence-corrected chi connectivity index (χ0v) is 14.3. The molecule has 120 valence electrons. The topological polar surface area (TPSA) is 20.2 Å². The molecule has 4 aliphatic rings. The van der Waals surface area contributed by atoms with Gasteiger partial charge in [0.05, 0.1) is 6.10 Å². The van der Waals surface area contributed by atoms with E-state index in [4.69, 9.17) is 0 Å². The molecule has 0 aliphatic heterocycles. The molecule has 0 amide bonds. The van der Waals surface area contributed by atoms with Crippen LogP contribution in [0.3, 0.4) is 0 Å². The maximum Gasteiger partial charge on any atom is 0.0545 e. The zero-order chi connectivity index (χ0) is 14.9. The van der Waals surface area contributed by atoms with Crippen molar-refractivity contribution >= 4 is 0 Å². The fourth-order valence-electron chi connectivity index (χ4n) is 7.60. The third-order valence-electron chi connectivity index (χ3n) is 9.13. The fraction of sp³-hybridized carbons (Fsp3) is 1.00. The van der Waals surface area contributed by atoms with Crippen LogP contribution in [-0.2, 0) is 0 Å². The van der Waals surface area contributed by atoms with Crippen molar-refractivity contribution in [3.05, 3.63) is 0 Å². The minimum absolute atomic E-state index is 0.0278. The number of hydrogen-bond donors (Lipinski definition) is 1. The Morgan fingerprint density at radius 3 is 2.43 bits per heavy atom. The van der Waals surface area contributed by atoms with Crippen LogP contribution in [0.25, 0.3) is 0 Å². The quantitative estimate of drug-likeness (QED) is 0.652. The van der Waals surface area contributed by atoms with E-state index in [-0.39, 0.29) is 6.10 Å². The molecule has 0 aromatic rings. The van der Waals surface area contributed by atoms with E-state index in [0.717, 1.165) is 30.6 Å². The molecule has 0 aromatic heterocycles. The summed E-state index contributed by atoms with van der Waals surface area (Å²) in [6.07, 6.45) is 13.6. The lowest BCUT2D eigenvalue weighted by molar-refractivity contribution is -0.166. The van der Waals surface area contributed by atoms with Crippen LogP contribution in [0.1, 0.15) is 85.0 Å². The van der Waals surface area contributed by atoms with Gasteiger partial charge in [0, 0.05) is 0 Å². The summed E-state index contributed by atoms with van der Waals surface area (Å²) in [5.41, 5.74) is 1.58. The molecular formula is C20H34O. The molecule has 4 aliphatic carbocycles. The molecule has 1 N–H and O–H groups in total. The van der Waals surface area contributed by atoms with Gasteiger partial charge in [-0.1, -0.05) is 27.2 Å². The largest absolute Gasteiger partial charge is 0.393 e. The molecule has 1 heteroatoms. The number of aliphatic hydroxyl groups is 1. The second-order valence-corrected chi connectivity index (χ2v) is 9.88. The normalized spacial score (nSPS) is 60.0. The summed E-state index contributed by atoms with van der Waals surface area (Å²) < 4.78 is 0. The zero-order valence-electron chi connectivity index (χ0n) is 14.3. The predicted octanol–water partition coefficient (Wildman–Crippen LogP) is 5.17. The monoisotopic (exact) mass is 290 g/mol. The van der Waals surface area contributed by atoms with Gasteiger partial charge in [-0.25, -0.2) is 0 Å². The first-order chi connectivity index (χ1) is 9.88. The van der Waals surface area contributed by atoms with Crippen molar-refractivity contribution in [3.63, 3.8) is 0 Å². The van der Waals surface area contributed by atoms with Crippen molar-refractivity contribution in [3.8, 4) is 0 Å². The summed E-state index contributed by atoms with van der Waals surface area (Å²) in [5.74, 6) is 2.96. The highest BCUT2D eigenvalue weighted by Crippen LogP contribution is 2.69. The average Bonchev–Trinajstić information content (AvgIpc) is 2.82. The van der Waals surface area contributed by atoms with Crippen molar-refractivity contribution in [1.82, 2.24) is 0 Å². The summed E-state index contributed by atoms with van der Waals surface area (Å²) in [5, 5.41) is 10.2. The van der Waals surface area contributed by atoms with Crippen LogP contribution in [0, 0.1) is 34.0 Å². The van der Waals surface area contributed by atoms with Gasteiger partial charge in [0.15, 0.2) is 0 Å². The van der Waals surface area contributed by atoms with E-state index in [2.05, 4.69) is 20.8 Å². The summed E-state index contributed by atoms with van der Waals surface area (Å²) in [6.45, 7) is 7.71. The smallest absolute Gasteiger partial charge is 0.0545 e.